The summed E-state index contributed by atoms with van der Waals surface area (Å²) >= 11 is 0. The maximum atomic E-state index is 11.5. The van der Waals surface area contributed by atoms with Crippen molar-refractivity contribution in [2.45, 2.75) is 58.3 Å². The van der Waals surface area contributed by atoms with E-state index >= 15 is 0 Å². The Bertz CT molecular complexity index is 953. The molecule has 0 radical (unpaired) electrons. The Balaban J connectivity index is 1.28. The topological polar surface area (TPSA) is 67.8 Å². The number of hydrogen-bond donors (Lipinski definition) is 0. The number of carbonyl (C=O) groups excluding carboxylic acids is 1. The average molecular weight is 481 g/mol. The summed E-state index contributed by atoms with van der Waals surface area (Å²) in [5.74, 6) is 2.43. The number of hydrogen-bond acceptors (Lipinski definition) is 6. The molecule has 0 spiro atoms. The summed E-state index contributed by atoms with van der Waals surface area (Å²) in [4.78, 5) is 16.0. The van der Waals surface area contributed by atoms with Crippen LogP contribution in [0.1, 0.15) is 62.3 Å². The number of nitrogens with zero attached hydrogens (tertiary/aromatic N) is 4. The SMILES string of the molecule is COc1ccc(Cc2cnnc(CCC3CCN(C(C)=O)CC3)c2)cc1OCCCN1CCCC1. The largest absolute Gasteiger partial charge is 0.493 e. The van der Waals surface area contributed by atoms with E-state index in [2.05, 4.69) is 33.3 Å². The number of piperidine rings is 1. The first-order valence-corrected chi connectivity index (χ1v) is 13.2. The minimum atomic E-state index is 0.191. The van der Waals surface area contributed by atoms with Gasteiger partial charge in [-0.2, -0.15) is 10.2 Å². The normalized spacial score (nSPS) is 17.0. The second-order valence-corrected chi connectivity index (χ2v) is 9.96. The minimum Gasteiger partial charge on any atom is -0.493 e. The van der Waals surface area contributed by atoms with Gasteiger partial charge < -0.3 is 19.3 Å². The first-order valence-electron chi connectivity index (χ1n) is 13.2. The van der Waals surface area contributed by atoms with Crippen molar-refractivity contribution in [3.8, 4) is 11.5 Å². The van der Waals surface area contributed by atoms with Crippen LogP contribution in [0.4, 0.5) is 0 Å². The van der Waals surface area contributed by atoms with Crippen LogP contribution < -0.4 is 9.47 Å². The summed E-state index contributed by atoms with van der Waals surface area (Å²) < 4.78 is 11.6. The molecule has 3 heterocycles. The summed E-state index contributed by atoms with van der Waals surface area (Å²) in [5.41, 5.74) is 3.38. The molecule has 190 valence electrons. The molecule has 2 aliphatic heterocycles. The Morgan fingerprint density at radius 2 is 1.86 bits per heavy atom. The van der Waals surface area contributed by atoms with E-state index in [1.54, 1.807) is 14.0 Å². The molecule has 4 rings (SSSR count). The zero-order chi connectivity index (χ0) is 24.5. The summed E-state index contributed by atoms with van der Waals surface area (Å²) in [6, 6.07) is 8.36. The third-order valence-electron chi connectivity index (χ3n) is 7.34. The lowest BCUT2D eigenvalue weighted by Crippen LogP contribution is -2.37. The molecule has 0 saturated carbocycles. The van der Waals surface area contributed by atoms with Crippen LogP contribution in [0, 0.1) is 5.92 Å². The maximum absolute atomic E-state index is 11.5. The molecular formula is C28H40N4O3. The van der Waals surface area contributed by atoms with Crippen LogP contribution in [-0.2, 0) is 17.6 Å². The van der Waals surface area contributed by atoms with E-state index in [0.29, 0.717) is 12.5 Å². The first-order chi connectivity index (χ1) is 17.1. The molecule has 1 amide bonds. The van der Waals surface area contributed by atoms with Crippen molar-refractivity contribution in [3.63, 3.8) is 0 Å². The molecule has 2 saturated heterocycles. The van der Waals surface area contributed by atoms with E-state index in [1.165, 1.54) is 31.5 Å². The number of carbonyl (C=O) groups is 1. The molecule has 0 atom stereocenters. The predicted octanol–water partition coefficient (Wildman–Crippen LogP) is 4.13. The Labute approximate surface area is 209 Å². The fourth-order valence-corrected chi connectivity index (χ4v) is 5.22. The van der Waals surface area contributed by atoms with E-state index in [9.17, 15) is 4.79 Å². The number of methoxy groups -OCH3 is 1. The van der Waals surface area contributed by atoms with E-state index < -0.39 is 0 Å². The van der Waals surface area contributed by atoms with E-state index in [1.807, 2.05) is 17.2 Å². The number of likely N-dealkylation sites (tertiary alicyclic amines) is 2. The summed E-state index contributed by atoms with van der Waals surface area (Å²) in [7, 11) is 1.69. The highest BCUT2D eigenvalue weighted by Crippen LogP contribution is 2.29. The highest BCUT2D eigenvalue weighted by Gasteiger charge is 2.20. The van der Waals surface area contributed by atoms with Gasteiger partial charge in [0.15, 0.2) is 11.5 Å². The minimum absolute atomic E-state index is 0.191. The smallest absolute Gasteiger partial charge is 0.219 e. The second-order valence-electron chi connectivity index (χ2n) is 9.96. The van der Waals surface area contributed by atoms with Gasteiger partial charge in [-0.3, -0.25) is 4.79 Å². The van der Waals surface area contributed by atoms with Crippen LogP contribution in [0.5, 0.6) is 11.5 Å². The van der Waals surface area contributed by atoms with Crippen molar-refractivity contribution >= 4 is 5.91 Å². The van der Waals surface area contributed by atoms with Gasteiger partial charge in [0, 0.05) is 26.6 Å². The molecule has 0 N–H and O–H groups in total. The van der Waals surface area contributed by atoms with Gasteiger partial charge >= 0.3 is 0 Å². The lowest BCUT2D eigenvalue weighted by Gasteiger charge is -2.31. The van der Waals surface area contributed by atoms with Crippen LogP contribution in [0.3, 0.4) is 0 Å². The zero-order valence-corrected chi connectivity index (χ0v) is 21.4. The lowest BCUT2D eigenvalue weighted by atomic mass is 9.91. The van der Waals surface area contributed by atoms with Crippen molar-refractivity contribution in [1.29, 1.82) is 0 Å². The highest BCUT2D eigenvalue weighted by molar-refractivity contribution is 5.73. The molecule has 1 aromatic carbocycles. The van der Waals surface area contributed by atoms with Crippen LogP contribution in [-0.4, -0.2) is 72.3 Å². The number of aromatic nitrogens is 2. The van der Waals surface area contributed by atoms with Crippen molar-refractivity contribution in [2.24, 2.45) is 5.92 Å². The Morgan fingerprint density at radius 3 is 2.60 bits per heavy atom. The van der Waals surface area contributed by atoms with Gasteiger partial charge in [-0.25, -0.2) is 0 Å². The molecule has 2 aliphatic rings. The third-order valence-corrected chi connectivity index (χ3v) is 7.34. The van der Waals surface area contributed by atoms with Gasteiger partial charge in [0.1, 0.15) is 0 Å². The summed E-state index contributed by atoms with van der Waals surface area (Å²) in [5, 5.41) is 8.64. The number of ether oxygens (including phenoxy) is 2. The van der Waals surface area contributed by atoms with Crippen LogP contribution in [0.15, 0.2) is 30.5 Å². The molecule has 0 bridgehead atoms. The molecule has 0 aliphatic carbocycles. The first kappa shape index (κ1) is 25.4. The Kier molecular flexibility index (Phi) is 9.35. The standard InChI is InChI=1S/C28H40N4O3/c1-22(33)32-15-10-23(11-16-32)6-8-26-19-25(21-29-30-26)18-24-7-9-27(34-2)28(20-24)35-17-5-14-31-12-3-4-13-31/h7,9,19-21,23H,3-6,8,10-18H2,1-2H3. The van der Waals surface area contributed by atoms with Crippen LogP contribution >= 0.6 is 0 Å². The molecule has 0 unspecified atom stereocenters. The van der Waals surface area contributed by atoms with Gasteiger partial charge in [0.25, 0.3) is 0 Å². The molecule has 7 heteroatoms. The fraction of sp³-hybridized carbons (Fsp3) is 0.607. The number of aryl methyl sites for hydroxylation is 1. The molecule has 2 fully saturated rings. The average Bonchev–Trinajstić information content (AvgIpc) is 3.40. The number of rotatable bonds is 11. The van der Waals surface area contributed by atoms with Gasteiger partial charge in [-0.05, 0) is 99.7 Å². The van der Waals surface area contributed by atoms with Crippen LogP contribution in [0.2, 0.25) is 0 Å². The molecule has 2 aromatic rings. The van der Waals surface area contributed by atoms with E-state index in [0.717, 1.165) is 80.9 Å². The molecule has 1 aromatic heterocycles. The van der Waals surface area contributed by atoms with Crippen molar-refractivity contribution in [3.05, 3.63) is 47.3 Å². The van der Waals surface area contributed by atoms with Crippen LogP contribution in [0.25, 0.3) is 0 Å². The second kappa shape index (κ2) is 12.9. The monoisotopic (exact) mass is 480 g/mol. The van der Waals surface area contributed by atoms with E-state index in [-0.39, 0.29) is 5.91 Å². The predicted molar refractivity (Wildman–Crippen MR) is 137 cm³/mol. The Morgan fingerprint density at radius 1 is 1.06 bits per heavy atom. The summed E-state index contributed by atoms with van der Waals surface area (Å²) in [6.45, 7) is 7.66. The molecule has 7 nitrogen and oxygen atoms in total. The summed E-state index contributed by atoms with van der Waals surface area (Å²) in [6.07, 6.45) is 10.5. The molecular weight excluding hydrogens is 440 g/mol. The third kappa shape index (κ3) is 7.66. The highest BCUT2D eigenvalue weighted by atomic mass is 16.5. The van der Waals surface area contributed by atoms with Gasteiger partial charge in [-0.1, -0.05) is 6.07 Å². The quantitative estimate of drug-likeness (QED) is 0.451. The van der Waals surface area contributed by atoms with E-state index in [4.69, 9.17) is 9.47 Å². The van der Waals surface area contributed by atoms with Crippen molar-refractivity contribution < 1.29 is 14.3 Å². The van der Waals surface area contributed by atoms with Gasteiger partial charge in [-0.15, -0.1) is 0 Å². The number of amides is 1. The van der Waals surface area contributed by atoms with Gasteiger partial charge in [0.2, 0.25) is 5.91 Å². The number of benzene rings is 1. The van der Waals surface area contributed by atoms with Crippen molar-refractivity contribution in [1.82, 2.24) is 20.0 Å². The lowest BCUT2D eigenvalue weighted by molar-refractivity contribution is -0.130. The van der Waals surface area contributed by atoms with Gasteiger partial charge in [0.05, 0.1) is 25.6 Å². The maximum Gasteiger partial charge on any atom is 0.219 e. The fourth-order valence-electron chi connectivity index (χ4n) is 5.22. The Hall–Kier alpha value is -2.67. The zero-order valence-electron chi connectivity index (χ0n) is 21.4. The molecule has 35 heavy (non-hydrogen) atoms. The van der Waals surface area contributed by atoms with Crippen molar-refractivity contribution in [2.75, 3.05) is 46.4 Å².